The number of terminal acetylenes is 1. The molecule has 0 spiro atoms. The Morgan fingerprint density at radius 1 is 1.41 bits per heavy atom. The van der Waals surface area contributed by atoms with Crippen molar-refractivity contribution in [1.29, 1.82) is 0 Å². The third-order valence-corrected chi connectivity index (χ3v) is 2.80. The molecular formula is C12H13NO3S. The van der Waals surface area contributed by atoms with Crippen molar-refractivity contribution in [2.45, 2.75) is 17.7 Å². The lowest BCUT2D eigenvalue weighted by molar-refractivity contribution is 0.0953. The van der Waals surface area contributed by atoms with Gasteiger partial charge in [0, 0.05) is 18.5 Å². The second-order valence-corrected chi connectivity index (χ2v) is 4.40. The van der Waals surface area contributed by atoms with Crippen molar-refractivity contribution >= 4 is 16.6 Å². The fourth-order valence-corrected chi connectivity index (χ4v) is 1.71. The second kappa shape index (κ2) is 6.71. The van der Waals surface area contributed by atoms with Crippen molar-refractivity contribution in [3.63, 3.8) is 0 Å². The van der Waals surface area contributed by atoms with Crippen LogP contribution in [0.25, 0.3) is 0 Å². The molecule has 0 saturated heterocycles. The van der Waals surface area contributed by atoms with Crippen LogP contribution in [0.15, 0.2) is 29.2 Å². The standard InChI is InChI=1S/C12H13NO3S/c1-2-3-4-8-13-12(14)10-6-5-7-11(9-10)17(15)16/h1,5-7,9,17H,3-4,8H2,(H,13,14). The molecule has 1 rings (SSSR count). The Morgan fingerprint density at radius 3 is 2.82 bits per heavy atom. The maximum absolute atomic E-state index is 11.6. The number of amides is 1. The molecule has 17 heavy (non-hydrogen) atoms. The summed E-state index contributed by atoms with van der Waals surface area (Å²) in [5.41, 5.74) is 0.336. The summed E-state index contributed by atoms with van der Waals surface area (Å²) < 4.78 is 21.5. The Bertz CT molecular complexity index is 507. The molecule has 1 N–H and O–H groups in total. The number of carbonyl (C=O) groups excluding carboxylic acids is 1. The van der Waals surface area contributed by atoms with Gasteiger partial charge in [0.2, 0.25) is 0 Å². The highest BCUT2D eigenvalue weighted by Crippen LogP contribution is 2.06. The summed E-state index contributed by atoms with van der Waals surface area (Å²) in [6.45, 7) is 0.483. The van der Waals surface area contributed by atoms with Crippen molar-refractivity contribution in [3.05, 3.63) is 29.8 Å². The highest BCUT2D eigenvalue weighted by molar-refractivity contribution is 7.72. The van der Waals surface area contributed by atoms with Crippen LogP contribution in [-0.4, -0.2) is 20.9 Å². The first-order valence-electron chi connectivity index (χ1n) is 5.11. The minimum atomic E-state index is -2.66. The molecule has 0 atom stereocenters. The molecule has 0 heterocycles. The van der Waals surface area contributed by atoms with Crippen LogP contribution in [0.1, 0.15) is 23.2 Å². The molecule has 5 heteroatoms. The largest absolute Gasteiger partial charge is 0.352 e. The average Bonchev–Trinajstić information content (AvgIpc) is 2.34. The monoisotopic (exact) mass is 251 g/mol. The molecule has 1 aromatic carbocycles. The van der Waals surface area contributed by atoms with E-state index < -0.39 is 10.7 Å². The van der Waals surface area contributed by atoms with E-state index in [9.17, 15) is 13.2 Å². The summed E-state index contributed by atoms with van der Waals surface area (Å²) in [6, 6.07) is 5.90. The van der Waals surface area contributed by atoms with Gasteiger partial charge in [0.05, 0.1) is 4.90 Å². The molecule has 0 unspecified atom stereocenters. The molecule has 0 bridgehead atoms. The van der Waals surface area contributed by atoms with E-state index in [1.54, 1.807) is 6.07 Å². The number of nitrogens with one attached hydrogen (secondary N) is 1. The van der Waals surface area contributed by atoms with Crippen molar-refractivity contribution in [1.82, 2.24) is 5.32 Å². The highest BCUT2D eigenvalue weighted by Gasteiger charge is 2.05. The van der Waals surface area contributed by atoms with E-state index in [1.807, 2.05) is 0 Å². The third-order valence-electron chi connectivity index (χ3n) is 2.10. The van der Waals surface area contributed by atoms with Crippen LogP contribution in [0, 0.1) is 12.3 Å². The first-order valence-corrected chi connectivity index (χ1v) is 6.29. The lowest BCUT2D eigenvalue weighted by Gasteiger charge is -2.04. The van der Waals surface area contributed by atoms with E-state index in [-0.39, 0.29) is 10.8 Å². The molecule has 0 aliphatic heterocycles. The first kappa shape index (κ1) is 13.3. The van der Waals surface area contributed by atoms with Gasteiger partial charge in [-0.15, -0.1) is 12.3 Å². The lowest BCUT2D eigenvalue weighted by Crippen LogP contribution is -2.24. The van der Waals surface area contributed by atoms with Crippen molar-refractivity contribution in [2.24, 2.45) is 0 Å². The summed E-state index contributed by atoms with van der Waals surface area (Å²) in [7, 11) is -2.66. The van der Waals surface area contributed by atoms with Crippen molar-refractivity contribution in [2.75, 3.05) is 6.54 Å². The van der Waals surface area contributed by atoms with E-state index in [0.717, 1.165) is 0 Å². The number of rotatable bonds is 5. The van der Waals surface area contributed by atoms with E-state index in [0.29, 0.717) is 24.9 Å². The smallest absolute Gasteiger partial charge is 0.251 e. The predicted octanol–water partition coefficient (Wildman–Crippen LogP) is 0.800. The van der Waals surface area contributed by atoms with E-state index in [2.05, 4.69) is 11.2 Å². The number of unbranched alkanes of at least 4 members (excludes halogenated alkanes) is 1. The minimum Gasteiger partial charge on any atom is -0.352 e. The molecule has 0 radical (unpaired) electrons. The van der Waals surface area contributed by atoms with Crippen LogP contribution < -0.4 is 5.32 Å². The van der Waals surface area contributed by atoms with Gasteiger partial charge in [0.1, 0.15) is 0 Å². The molecule has 0 aliphatic carbocycles. The van der Waals surface area contributed by atoms with Gasteiger partial charge in [-0.25, -0.2) is 8.42 Å². The summed E-state index contributed by atoms with van der Waals surface area (Å²) in [4.78, 5) is 11.8. The second-order valence-electron chi connectivity index (χ2n) is 3.37. The number of thiol groups is 1. The van der Waals surface area contributed by atoms with Gasteiger partial charge < -0.3 is 5.32 Å². The average molecular weight is 251 g/mol. The van der Waals surface area contributed by atoms with Gasteiger partial charge in [-0.05, 0) is 24.6 Å². The fraction of sp³-hybridized carbons (Fsp3) is 0.250. The Hall–Kier alpha value is -1.80. The van der Waals surface area contributed by atoms with Gasteiger partial charge in [0.25, 0.3) is 5.91 Å². The molecule has 4 nitrogen and oxygen atoms in total. The third kappa shape index (κ3) is 4.29. The Labute approximate surface area is 102 Å². The minimum absolute atomic E-state index is 0.135. The Morgan fingerprint density at radius 2 is 2.18 bits per heavy atom. The van der Waals surface area contributed by atoms with Crippen LogP contribution >= 0.6 is 0 Å². The van der Waals surface area contributed by atoms with E-state index in [4.69, 9.17) is 6.42 Å². The van der Waals surface area contributed by atoms with Crippen molar-refractivity contribution < 1.29 is 13.2 Å². The number of benzene rings is 1. The molecule has 0 fully saturated rings. The molecular weight excluding hydrogens is 238 g/mol. The van der Waals surface area contributed by atoms with Gasteiger partial charge in [-0.2, -0.15) is 0 Å². The molecule has 0 aliphatic rings. The van der Waals surface area contributed by atoms with Crippen LogP contribution in [0.3, 0.4) is 0 Å². The maximum atomic E-state index is 11.6. The topological polar surface area (TPSA) is 63.2 Å². The number of carbonyl (C=O) groups is 1. The quantitative estimate of drug-likeness (QED) is 0.462. The molecule has 0 aromatic heterocycles. The van der Waals surface area contributed by atoms with E-state index in [1.165, 1.54) is 18.2 Å². The predicted molar refractivity (Wildman–Crippen MR) is 65.4 cm³/mol. The van der Waals surface area contributed by atoms with Crippen molar-refractivity contribution in [3.8, 4) is 12.3 Å². The van der Waals surface area contributed by atoms with Gasteiger partial charge >= 0.3 is 0 Å². The normalized spacial score (nSPS) is 9.88. The summed E-state index contributed by atoms with van der Waals surface area (Å²) in [6.07, 6.45) is 6.39. The SMILES string of the molecule is C#CCCCNC(=O)c1cccc([SH](=O)=O)c1. The van der Waals surface area contributed by atoms with Gasteiger partial charge in [-0.3, -0.25) is 4.79 Å². The Kier molecular flexibility index (Phi) is 5.24. The van der Waals surface area contributed by atoms with Crippen LogP contribution in [0.2, 0.25) is 0 Å². The lowest BCUT2D eigenvalue weighted by atomic mass is 10.2. The zero-order valence-corrected chi connectivity index (χ0v) is 10.1. The van der Waals surface area contributed by atoms with Crippen LogP contribution in [-0.2, 0) is 10.7 Å². The molecule has 1 aromatic rings. The summed E-state index contributed by atoms with van der Waals surface area (Å²) >= 11 is 0. The maximum Gasteiger partial charge on any atom is 0.251 e. The fourth-order valence-electron chi connectivity index (χ4n) is 1.26. The Balaban J connectivity index is 2.63. The summed E-state index contributed by atoms with van der Waals surface area (Å²) in [5, 5.41) is 2.67. The molecule has 90 valence electrons. The van der Waals surface area contributed by atoms with Gasteiger partial charge in [0.15, 0.2) is 10.7 Å². The number of hydrogen-bond acceptors (Lipinski definition) is 3. The highest BCUT2D eigenvalue weighted by atomic mass is 32.2. The van der Waals surface area contributed by atoms with E-state index >= 15 is 0 Å². The molecule has 1 amide bonds. The zero-order valence-electron chi connectivity index (χ0n) is 9.18. The van der Waals surface area contributed by atoms with Crippen LogP contribution in [0.5, 0.6) is 0 Å². The molecule has 0 saturated carbocycles. The first-order chi connectivity index (χ1) is 8.15. The van der Waals surface area contributed by atoms with Gasteiger partial charge in [-0.1, -0.05) is 6.07 Å². The number of hydrogen-bond donors (Lipinski definition) is 2. The van der Waals surface area contributed by atoms with Crippen LogP contribution in [0.4, 0.5) is 0 Å². The summed E-state index contributed by atoms with van der Waals surface area (Å²) in [5.74, 6) is 2.18. The zero-order chi connectivity index (χ0) is 12.7.